The van der Waals surface area contributed by atoms with Crippen molar-refractivity contribution in [1.29, 1.82) is 0 Å². The Balaban J connectivity index is 1.69. The lowest BCUT2D eigenvalue weighted by molar-refractivity contribution is -0.0460. The zero-order chi connectivity index (χ0) is 26.8. The first-order valence-corrected chi connectivity index (χ1v) is 16.8. The SMILES string of the molecule is CC(C(=O)c1ccc(O[Si](C(C)C)(C(C)C)C(C)C)cc1)N1CCC(c2cc(Br)cc(Br)c2)CC1O. The summed E-state index contributed by atoms with van der Waals surface area (Å²) < 4.78 is 8.80. The number of likely N-dealkylation sites (tertiary alicyclic amines) is 1. The van der Waals surface area contributed by atoms with Gasteiger partial charge in [-0.2, -0.15) is 0 Å². The monoisotopic (exact) mass is 637 g/mol. The number of benzene rings is 2. The van der Waals surface area contributed by atoms with Crippen molar-refractivity contribution < 1.29 is 14.3 Å². The summed E-state index contributed by atoms with van der Waals surface area (Å²) in [6.45, 7) is 16.2. The molecular formula is C29H41Br2NO3Si. The van der Waals surface area contributed by atoms with E-state index in [1.807, 2.05) is 42.2 Å². The Labute approximate surface area is 235 Å². The van der Waals surface area contributed by atoms with Crippen molar-refractivity contribution in [3.8, 4) is 5.75 Å². The minimum Gasteiger partial charge on any atom is -0.543 e. The summed E-state index contributed by atoms with van der Waals surface area (Å²) >= 11 is 7.12. The van der Waals surface area contributed by atoms with E-state index in [0.29, 0.717) is 35.2 Å². The van der Waals surface area contributed by atoms with Crippen molar-refractivity contribution in [2.75, 3.05) is 6.54 Å². The van der Waals surface area contributed by atoms with Crippen LogP contribution in [0.15, 0.2) is 51.4 Å². The van der Waals surface area contributed by atoms with E-state index in [0.717, 1.165) is 21.1 Å². The van der Waals surface area contributed by atoms with Gasteiger partial charge in [0.15, 0.2) is 5.78 Å². The van der Waals surface area contributed by atoms with Crippen LogP contribution in [-0.2, 0) is 0 Å². The van der Waals surface area contributed by atoms with Gasteiger partial charge >= 0.3 is 0 Å². The Morgan fingerprint density at radius 3 is 1.94 bits per heavy atom. The maximum absolute atomic E-state index is 13.4. The molecule has 7 heteroatoms. The summed E-state index contributed by atoms with van der Waals surface area (Å²) in [5.74, 6) is 1.14. The first-order valence-electron chi connectivity index (χ1n) is 13.1. The van der Waals surface area contributed by atoms with Crippen molar-refractivity contribution in [3.05, 3.63) is 62.5 Å². The van der Waals surface area contributed by atoms with Crippen LogP contribution in [0.4, 0.5) is 0 Å². The molecule has 1 heterocycles. The minimum absolute atomic E-state index is 0.0318. The number of halogens is 2. The van der Waals surface area contributed by atoms with Gasteiger partial charge in [0.2, 0.25) is 0 Å². The highest BCUT2D eigenvalue weighted by atomic mass is 79.9. The molecule has 4 nitrogen and oxygen atoms in total. The molecule has 36 heavy (non-hydrogen) atoms. The molecule has 3 unspecified atom stereocenters. The number of nitrogens with zero attached hydrogens (tertiary/aromatic N) is 1. The van der Waals surface area contributed by atoms with Gasteiger partial charge in [-0.1, -0.05) is 73.4 Å². The van der Waals surface area contributed by atoms with Crippen LogP contribution in [0.1, 0.15) is 83.1 Å². The van der Waals surface area contributed by atoms with Crippen molar-refractivity contribution in [3.63, 3.8) is 0 Å². The van der Waals surface area contributed by atoms with Crippen LogP contribution in [-0.4, -0.2) is 42.9 Å². The van der Waals surface area contributed by atoms with Gasteiger partial charge in [0.05, 0.1) is 6.04 Å². The predicted octanol–water partition coefficient (Wildman–Crippen LogP) is 8.54. The van der Waals surface area contributed by atoms with E-state index in [9.17, 15) is 9.90 Å². The van der Waals surface area contributed by atoms with E-state index < -0.39 is 20.6 Å². The van der Waals surface area contributed by atoms with E-state index in [1.165, 1.54) is 5.56 Å². The van der Waals surface area contributed by atoms with Gasteiger partial charge < -0.3 is 9.53 Å². The lowest BCUT2D eigenvalue weighted by Gasteiger charge is -2.42. The molecule has 3 rings (SSSR count). The van der Waals surface area contributed by atoms with Crippen LogP contribution in [0.2, 0.25) is 16.6 Å². The third kappa shape index (κ3) is 6.34. The normalized spacial score (nSPS) is 20.2. The molecule has 1 saturated heterocycles. The van der Waals surface area contributed by atoms with Crippen LogP contribution in [0, 0.1) is 0 Å². The molecule has 0 aliphatic carbocycles. The molecular weight excluding hydrogens is 598 g/mol. The lowest BCUT2D eigenvalue weighted by Crippen LogP contribution is -2.50. The molecule has 0 bridgehead atoms. The molecule has 0 aromatic heterocycles. The average Bonchev–Trinajstić information content (AvgIpc) is 2.80. The van der Waals surface area contributed by atoms with E-state index >= 15 is 0 Å². The number of carbonyl (C=O) groups excluding carboxylic acids is 1. The highest BCUT2D eigenvalue weighted by Gasteiger charge is 2.47. The summed E-state index contributed by atoms with van der Waals surface area (Å²) in [5.41, 5.74) is 3.32. The second kappa shape index (κ2) is 12.2. The lowest BCUT2D eigenvalue weighted by atomic mass is 9.87. The number of hydrogen-bond acceptors (Lipinski definition) is 4. The van der Waals surface area contributed by atoms with Crippen LogP contribution < -0.4 is 4.43 Å². The van der Waals surface area contributed by atoms with Crippen molar-refractivity contribution in [2.24, 2.45) is 0 Å². The molecule has 1 N–H and O–H groups in total. The van der Waals surface area contributed by atoms with E-state index in [4.69, 9.17) is 4.43 Å². The summed E-state index contributed by atoms with van der Waals surface area (Å²) in [7, 11) is -2.04. The molecule has 1 fully saturated rings. The van der Waals surface area contributed by atoms with Crippen LogP contribution in [0.3, 0.4) is 0 Å². The van der Waals surface area contributed by atoms with E-state index in [2.05, 4.69) is 85.5 Å². The second-order valence-electron chi connectivity index (χ2n) is 11.1. The number of Topliss-reactive ketones (excluding diaryl/α,β-unsaturated/α-hetero) is 1. The first kappa shape index (κ1) is 29.6. The van der Waals surface area contributed by atoms with Crippen LogP contribution in [0.5, 0.6) is 5.75 Å². The molecule has 3 atom stereocenters. The second-order valence-corrected chi connectivity index (χ2v) is 18.3. The molecule has 1 aliphatic heterocycles. The Morgan fingerprint density at radius 2 is 1.47 bits per heavy atom. The Morgan fingerprint density at radius 1 is 0.944 bits per heavy atom. The number of aliphatic hydroxyl groups is 1. The number of hydrogen-bond donors (Lipinski definition) is 1. The van der Waals surface area contributed by atoms with Gasteiger partial charge in [0, 0.05) is 21.1 Å². The van der Waals surface area contributed by atoms with Crippen LogP contribution >= 0.6 is 31.9 Å². The molecule has 1 aliphatic rings. The highest BCUT2D eigenvalue weighted by Crippen LogP contribution is 2.43. The topological polar surface area (TPSA) is 49.8 Å². The number of aliphatic hydroxyl groups excluding tert-OH is 1. The van der Waals surface area contributed by atoms with Crippen LogP contribution in [0.25, 0.3) is 0 Å². The standard InChI is InChI=1S/C29H41Br2NO3Si/c1-18(2)36(19(3)4,20(5)6)35-27-10-8-22(9-11-27)29(34)21(7)32-13-12-23(16-28(32)33)24-14-25(30)17-26(31)15-24/h8-11,14-15,17-21,23,28,33H,12-13,16H2,1-7H3. The van der Waals surface area contributed by atoms with Gasteiger partial charge in [-0.25, -0.2) is 0 Å². The quantitative estimate of drug-likeness (QED) is 0.221. The fraction of sp³-hybridized carbons (Fsp3) is 0.552. The van der Waals surface area contributed by atoms with Gasteiger partial charge in [-0.15, -0.1) is 0 Å². The summed E-state index contributed by atoms with van der Waals surface area (Å²) in [6, 6.07) is 13.5. The fourth-order valence-corrected chi connectivity index (χ4v) is 12.7. The Kier molecular flexibility index (Phi) is 10.1. The van der Waals surface area contributed by atoms with Gasteiger partial charge in [-0.05, 0) is 90.3 Å². The molecule has 0 spiro atoms. The number of carbonyl (C=O) groups is 1. The molecule has 0 radical (unpaired) electrons. The van der Waals surface area contributed by atoms with Crippen molar-refractivity contribution in [1.82, 2.24) is 4.90 Å². The smallest absolute Gasteiger partial charge is 0.258 e. The number of piperidine rings is 1. The zero-order valence-electron chi connectivity index (χ0n) is 22.6. The average molecular weight is 640 g/mol. The first-order chi connectivity index (χ1) is 16.9. The van der Waals surface area contributed by atoms with Gasteiger partial charge in [-0.3, -0.25) is 9.69 Å². The van der Waals surface area contributed by atoms with Crippen molar-refractivity contribution >= 4 is 46.0 Å². The highest BCUT2D eigenvalue weighted by molar-refractivity contribution is 9.11. The number of rotatable bonds is 9. The molecule has 2 aromatic rings. The molecule has 2 aromatic carbocycles. The maximum Gasteiger partial charge on any atom is 0.258 e. The maximum atomic E-state index is 13.4. The Bertz CT molecular complexity index is 999. The van der Waals surface area contributed by atoms with Crippen molar-refractivity contribution in [2.45, 2.75) is 96.1 Å². The Hall–Kier alpha value is -0.993. The summed E-state index contributed by atoms with van der Waals surface area (Å²) in [6.07, 6.45) is 0.855. The minimum atomic E-state index is -2.04. The number of ketones is 1. The molecule has 0 amide bonds. The summed E-state index contributed by atoms with van der Waals surface area (Å²) in [4.78, 5) is 15.3. The molecule has 0 saturated carbocycles. The summed E-state index contributed by atoms with van der Waals surface area (Å²) in [5, 5.41) is 11.0. The zero-order valence-corrected chi connectivity index (χ0v) is 26.8. The third-order valence-electron chi connectivity index (χ3n) is 7.99. The van der Waals surface area contributed by atoms with Gasteiger partial charge in [0.25, 0.3) is 8.32 Å². The predicted molar refractivity (Wildman–Crippen MR) is 158 cm³/mol. The largest absolute Gasteiger partial charge is 0.543 e. The van der Waals surface area contributed by atoms with E-state index in [-0.39, 0.29) is 11.7 Å². The third-order valence-corrected chi connectivity index (χ3v) is 14.9. The fourth-order valence-electron chi connectivity index (χ4n) is 6.16. The van der Waals surface area contributed by atoms with Gasteiger partial charge in [0.1, 0.15) is 12.0 Å². The molecule has 198 valence electrons. The van der Waals surface area contributed by atoms with E-state index in [1.54, 1.807) is 0 Å².